The second-order valence-electron chi connectivity index (χ2n) is 12.7. The molecular formula is C38H43FN6O5. The first-order chi connectivity index (χ1) is 24.0. The van der Waals surface area contributed by atoms with Gasteiger partial charge in [-0.3, -0.25) is 14.5 Å². The molecule has 0 spiro atoms. The van der Waals surface area contributed by atoms with Gasteiger partial charge in [0.2, 0.25) is 5.91 Å². The first kappa shape index (κ1) is 35.8. The van der Waals surface area contributed by atoms with Crippen molar-refractivity contribution in [2.24, 2.45) is 5.92 Å². The van der Waals surface area contributed by atoms with Gasteiger partial charge in [-0.05, 0) is 86.3 Å². The Balaban J connectivity index is 1.29. The van der Waals surface area contributed by atoms with Crippen LogP contribution < -0.4 is 26.4 Å². The number of nitrogens with zero attached hydrogens (tertiary/aromatic N) is 2. The third kappa shape index (κ3) is 9.36. The summed E-state index contributed by atoms with van der Waals surface area (Å²) in [5.41, 5.74) is 9.99. The summed E-state index contributed by atoms with van der Waals surface area (Å²) in [6.07, 6.45) is -0.319. The van der Waals surface area contributed by atoms with Gasteiger partial charge in [-0.25, -0.2) is 9.18 Å². The topological polar surface area (TPSA) is 149 Å². The third-order valence-corrected chi connectivity index (χ3v) is 8.65. The van der Waals surface area contributed by atoms with Crippen LogP contribution in [0.4, 0.5) is 31.9 Å². The summed E-state index contributed by atoms with van der Waals surface area (Å²) in [6.45, 7) is 5.13. The van der Waals surface area contributed by atoms with E-state index in [1.54, 1.807) is 53.4 Å². The summed E-state index contributed by atoms with van der Waals surface area (Å²) in [7, 11) is 1.98. The van der Waals surface area contributed by atoms with E-state index in [1.165, 1.54) is 24.3 Å². The zero-order valence-electron chi connectivity index (χ0n) is 28.4. The van der Waals surface area contributed by atoms with E-state index >= 15 is 0 Å². The molecule has 11 nitrogen and oxygen atoms in total. The Morgan fingerprint density at radius 1 is 1.00 bits per heavy atom. The average Bonchev–Trinajstić information content (AvgIpc) is 3.13. The Labute approximate surface area is 291 Å². The lowest BCUT2D eigenvalue weighted by Crippen LogP contribution is -2.47. The van der Waals surface area contributed by atoms with Gasteiger partial charge in [0.15, 0.2) is 0 Å². The number of nitrogens with one attached hydrogen (secondary N) is 3. The van der Waals surface area contributed by atoms with E-state index in [1.807, 2.05) is 39.1 Å². The number of amides is 4. The highest BCUT2D eigenvalue weighted by Crippen LogP contribution is 2.30. The van der Waals surface area contributed by atoms with Gasteiger partial charge in [0, 0.05) is 48.1 Å². The summed E-state index contributed by atoms with van der Waals surface area (Å²) in [4.78, 5) is 42.9. The molecule has 3 atom stereocenters. The van der Waals surface area contributed by atoms with E-state index in [-0.39, 0.29) is 36.9 Å². The van der Waals surface area contributed by atoms with Crippen LogP contribution in [0.3, 0.4) is 0 Å². The number of rotatable bonds is 10. The molecule has 50 heavy (non-hydrogen) atoms. The molecule has 0 unspecified atom stereocenters. The molecule has 0 aromatic heterocycles. The number of para-hydroxylation sites is 2. The minimum Gasteiger partial charge on any atom is -0.488 e. The molecule has 6 N–H and O–H groups in total. The monoisotopic (exact) mass is 682 g/mol. The fourth-order valence-electron chi connectivity index (χ4n) is 5.80. The maximum atomic E-state index is 13.6. The van der Waals surface area contributed by atoms with Gasteiger partial charge in [0.1, 0.15) is 17.7 Å². The number of aliphatic hydroxyl groups is 1. The molecule has 0 bridgehead atoms. The lowest BCUT2D eigenvalue weighted by atomic mass is 10.0. The van der Waals surface area contributed by atoms with Crippen molar-refractivity contribution in [1.82, 2.24) is 9.80 Å². The van der Waals surface area contributed by atoms with Crippen molar-refractivity contribution in [1.29, 1.82) is 0 Å². The van der Waals surface area contributed by atoms with Gasteiger partial charge in [-0.1, -0.05) is 31.2 Å². The average molecular weight is 683 g/mol. The van der Waals surface area contributed by atoms with Gasteiger partial charge in [0.05, 0.1) is 30.4 Å². The number of nitrogen functional groups attached to an aromatic ring is 1. The molecule has 0 saturated carbocycles. The maximum absolute atomic E-state index is 13.6. The van der Waals surface area contributed by atoms with Crippen LogP contribution in [0.2, 0.25) is 0 Å². The standard InChI is InChI=1S/C38H43FN6O5/c1-24-20-45(25(2)23-46)36(47)19-28-18-31(42-38(49)41-30-14-12-29(39)13-15-30)16-17-34(28)50-35(24)22-44(3)21-26-8-10-27(11-9-26)37(48)43-33-7-5-4-6-32(33)40/h4-18,24-25,35,46H,19-23,40H2,1-3H3,(H,43,48)(H2,41,42,49)/t24-,25+,35-/m0/s1. The van der Waals surface area contributed by atoms with E-state index in [0.29, 0.717) is 59.3 Å². The first-order valence-electron chi connectivity index (χ1n) is 16.5. The molecule has 5 rings (SSSR count). The Morgan fingerprint density at radius 3 is 2.38 bits per heavy atom. The largest absolute Gasteiger partial charge is 0.488 e. The quantitative estimate of drug-likeness (QED) is 0.137. The number of halogens is 1. The number of likely N-dealkylation sites (N-methyl/N-ethyl adjacent to an activating group) is 1. The highest BCUT2D eigenvalue weighted by atomic mass is 19.1. The zero-order chi connectivity index (χ0) is 35.8. The molecule has 1 heterocycles. The van der Waals surface area contributed by atoms with Crippen LogP contribution in [0.1, 0.15) is 35.3 Å². The molecule has 4 amide bonds. The number of fused-ring (bicyclic) bond motifs is 1. The Hall–Kier alpha value is -5.46. The van der Waals surface area contributed by atoms with Gasteiger partial charge in [-0.15, -0.1) is 0 Å². The number of hydrogen-bond donors (Lipinski definition) is 5. The number of nitrogens with two attached hydrogens (primary N) is 1. The van der Waals surface area contributed by atoms with Crippen LogP contribution in [0.15, 0.2) is 91.0 Å². The molecule has 0 fully saturated rings. The van der Waals surface area contributed by atoms with E-state index in [4.69, 9.17) is 10.5 Å². The number of anilines is 4. The second-order valence-corrected chi connectivity index (χ2v) is 12.7. The Bertz CT molecular complexity index is 1800. The van der Waals surface area contributed by atoms with Gasteiger partial charge >= 0.3 is 6.03 Å². The summed E-state index contributed by atoms with van der Waals surface area (Å²) in [5, 5.41) is 18.2. The fraction of sp³-hybridized carbons (Fsp3) is 0.289. The molecule has 1 aliphatic rings. The minimum absolute atomic E-state index is 0.0147. The summed E-state index contributed by atoms with van der Waals surface area (Å²) in [5.74, 6) is -0.396. The highest BCUT2D eigenvalue weighted by Gasteiger charge is 2.31. The van der Waals surface area contributed by atoms with Gasteiger partial charge < -0.3 is 36.4 Å². The molecule has 4 aromatic rings. The molecule has 4 aromatic carbocycles. The number of ether oxygens (including phenoxy) is 1. The SMILES string of the molecule is C[C@H](CO)N1C[C@H](C)[C@H](CN(C)Cc2ccc(C(=O)Nc3ccccc3N)cc2)Oc2ccc(NC(=O)Nc3ccc(F)cc3)cc2CC1=O. The van der Waals surface area contributed by atoms with E-state index in [2.05, 4.69) is 20.9 Å². The highest BCUT2D eigenvalue weighted by molar-refractivity contribution is 6.05. The van der Waals surface area contributed by atoms with Crippen molar-refractivity contribution in [3.63, 3.8) is 0 Å². The summed E-state index contributed by atoms with van der Waals surface area (Å²) >= 11 is 0. The smallest absolute Gasteiger partial charge is 0.323 e. The summed E-state index contributed by atoms with van der Waals surface area (Å²) in [6, 6.07) is 24.1. The molecule has 0 aliphatic carbocycles. The van der Waals surface area contributed by atoms with Crippen LogP contribution in [0.5, 0.6) is 5.75 Å². The van der Waals surface area contributed by atoms with Crippen LogP contribution >= 0.6 is 0 Å². The van der Waals surface area contributed by atoms with Crippen LogP contribution in [0.25, 0.3) is 0 Å². The predicted octanol–water partition coefficient (Wildman–Crippen LogP) is 5.59. The second kappa shape index (κ2) is 16.3. The normalized spacial score (nSPS) is 16.7. The van der Waals surface area contributed by atoms with Crippen molar-refractivity contribution in [2.45, 2.75) is 39.0 Å². The van der Waals surface area contributed by atoms with E-state index in [0.717, 1.165) is 5.56 Å². The lowest BCUT2D eigenvalue weighted by Gasteiger charge is -2.34. The molecule has 0 saturated heterocycles. The van der Waals surface area contributed by atoms with Crippen molar-refractivity contribution in [3.05, 3.63) is 114 Å². The number of aliphatic hydroxyl groups excluding tert-OH is 1. The first-order valence-corrected chi connectivity index (χ1v) is 16.5. The van der Waals surface area contributed by atoms with Gasteiger partial charge in [-0.2, -0.15) is 0 Å². The van der Waals surface area contributed by atoms with Crippen LogP contribution in [-0.4, -0.2) is 71.6 Å². The number of hydrogen-bond acceptors (Lipinski definition) is 7. The van der Waals surface area contributed by atoms with Crippen molar-refractivity contribution < 1.29 is 28.6 Å². The number of carbonyl (C=O) groups excluding carboxylic acids is 3. The van der Waals surface area contributed by atoms with Crippen molar-refractivity contribution in [2.75, 3.05) is 48.4 Å². The number of benzene rings is 4. The lowest BCUT2D eigenvalue weighted by molar-refractivity contribution is -0.134. The molecule has 12 heteroatoms. The minimum atomic E-state index is -0.523. The third-order valence-electron chi connectivity index (χ3n) is 8.65. The van der Waals surface area contributed by atoms with E-state index in [9.17, 15) is 23.9 Å². The van der Waals surface area contributed by atoms with Crippen molar-refractivity contribution >= 4 is 40.6 Å². The molecule has 262 valence electrons. The Kier molecular flexibility index (Phi) is 11.7. The van der Waals surface area contributed by atoms with Crippen molar-refractivity contribution in [3.8, 4) is 5.75 Å². The fourth-order valence-corrected chi connectivity index (χ4v) is 5.80. The molecular weight excluding hydrogens is 639 g/mol. The number of urea groups is 1. The predicted molar refractivity (Wildman–Crippen MR) is 193 cm³/mol. The van der Waals surface area contributed by atoms with E-state index < -0.39 is 17.9 Å². The van der Waals surface area contributed by atoms with Crippen LogP contribution in [-0.2, 0) is 17.8 Å². The van der Waals surface area contributed by atoms with Crippen LogP contribution in [0, 0.1) is 11.7 Å². The summed E-state index contributed by atoms with van der Waals surface area (Å²) < 4.78 is 19.9. The van der Waals surface area contributed by atoms with Gasteiger partial charge in [0.25, 0.3) is 5.91 Å². The molecule has 1 aliphatic heterocycles. The number of carbonyl (C=O) groups is 3. The molecule has 0 radical (unpaired) electrons. The zero-order valence-corrected chi connectivity index (χ0v) is 28.4. The Morgan fingerprint density at radius 2 is 1.68 bits per heavy atom. The maximum Gasteiger partial charge on any atom is 0.323 e.